The number of esters is 1. The highest BCUT2D eigenvalue weighted by molar-refractivity contribution is 5.80. The average molecular weight is 419 g/mol. The molecule has 4 heteroatoms. The number of carbonyl (C=O) groups is 1. The first-order chi connectivity index (χ1) is 15.2. The van der Waals surface area contributed by atoms with Crippen LogP contribution in [0.5, 0.6) is 11.5 Å². The maximum atomic E-state index is 12.4. The van der Waals surface area contributed by atoms with E-state index < -0.39 is 0 Å². The van der Waals surface area contributed by atoms with Crippen molar-refractivity contribution in [3.8, 4) is 22.6 Å². The van der Waals surface area contributed by atoms with Gasteiger partial charge in [-0.25, -0.2) is 0 Å². The van der Waals surface area contributed by atoms with Crippen LogP contribution in [0.2, 0.25) is 0 Å². The van der Waals surface area contributed by atoms with Gasteiger partial charge in [-0.05, 0) is 67.1 Å². The molecule has 0 saturated carbocycles. The largest absolute Gasteiger partial charge is 0.494 e. The lowest BCUT2D eigenvalue weighted by Crippen LogP contribution is -2.16. The second kappa shape index (κ2) is 11.9. The molecule has 3 rings (SSSR count). The molecule has 0 amide bonds. The van der Waals surface area contributed by atoms with Crippen molar-refractivity contribution in [1.29, 1.82) is 0 Å². The first-order valence-corrected chi connectivity index (χ1v) is 10.8. The van der Waals surface area contributed by atoms with Crippen molar-refractivity contribution in [3.05, 3.63) is 84.4 Å². The minimum absolute atomic E-state index is 0.261. The van der Waals surface area contributed by atoms with Gasteiger partial charge in [0.1, 0.15) is 11.5 Å². The zero-order chi connectivity index (χ0) is 21.9. The van der Waals surface area contributed by atoms with Gasteiger partial charge in [0, 0.05) is 13.7 Å². The third-order valence-corrected chi connectivity index (χ3v) is 5.18. The van der Waals surface area contributed by atoms with Crippen LogP contribution in [-0.2, 0) is 9.53 Å². The number of carbonyl (C=O) groups excluding carboxylic acids is 1. The maximum absolute atomic E-state index is 12.4. The normalized spacial score (nSPS) is 11.7. The lowest BCUT2D eigenvalue weighted by molar-refractivity contribution is -0.135. The number of benzene rings is 3. The van der Waals surface area contributed by atoms with E-state index in [9.17, 15) is 4.79 Å². The molecule has 3 aromatic carbocycles. The van der Waals surface area contributed by atoms with E-state index in [1.807, 2.05) is 85.8 Å². The standard InChI is InChI=1S/C27H30O4/c1-21(22-9-5-3-6-10-22)27(28)31-26-17-13-24(14-18-26)23-11-15-25(16-12-23)30-20-8-4-7-19-29-2/h3,5-6,9-18,21H,4,7-8,19-20H2,1-2H3. The van der Waals surface area contributed by atoms with Crippen molar-refractivity contribution in [1.82, 2.24) is 0 Å². The van der Waals surface area contributed by atoms with Crippen LogP contribution in [0.1, 0.15) is 37.7 Å². The maximum Gasteiger partial charge on any atom is 0.318 e. The van der Waals surface area contributed by atoms with Gasteiger partial charge in [-0.1, -0.05) is 54.6 Å². The van der Waals surface area contributed by atoms with Crippen LogP contribution in [0.25, 0.3) is 11.1 Å². The Morgan fingerprint density at radius 2 is 1.32 bits per heavy atom. The third-order valence-electron chi connectivity index (χ3n) is 5.18. The lowest BCUT2D eigenvalue weighted by atomic mass is 10.0. The van der Waals surface area contributed by atoms with Crippen LogP contribution >= 0.6 is 0 Å². The fourth-order valence-corrected chi connectivity index (χ4v) is 3.26. The molecule has 162 valence electrons. The quantitative estimate of drug-likeness (QED) is 0.209. The summed E-state index contributed by atoms with van der Waals surface area (Å²) in [6.45, 7) is 3.37. The van der Waals surface area contributed by atoms with Crippen molar-refractivity contribution in [3.63, 3.8) is 0 Å². The highest BCUT2D eigenvalue weighted by Crippen LogP contribution is 2.26. The lowest BCUT2D eigenvalue weighted by Gasteiger charge is -2.12. The highest BCUT2D eigenvalue weighted by Gasteiger charge is 2.17. The van der Waals surface area contributed by atoms with Gasteiger partial charge in [0.05, 0.1) is 12.5 Å². The third kappa shape index (κ3) is 6.97. The molecule has 0 N–H and O–H groups in total. The Morgan fingerprint density at radius 1 is 0.742 bits per heavy atom. The number of ether oxygens (including phenoxy) is 3. The van der Waals surface area contributed by atoms with E-state index in [4.69, 9.17) is 14.2 Å². The average Bonchev–Trinajstić information content (AvgIpc) is 2.82. The first kappa shape index (κ1) is 22.6. The predicted octanol–water partition coefficient (Wildman–Crippen LogP) is 6.26. The van der Waals surface area contributed by atoms with E-state index in [1.54, 1.807) is 7.11 Å². The van der Waals surface area contributed by atoms with Crippen molar-refractivity contribution in [2.45, 2.75) is 32.1 Å². The molecular formula is C27H30O4. The fourth-order valence-electron chi connectivity index (χ4n) is 3.26. The van der Waals surface area contributed by atoms with Crippen LogP contribution in [0.3, 0.4) is 0 Å². The van der Waals surface area contributed by atoms with Gasteiger partial charge in [0.15, 0.2) is 0 Å². The summed E-state index contributed by atoms with van der Waals surface area (Å²) in [7, 11) is 1.73. The molecule has 0 aliphatic carbocycles. The summed E-state index contributed by atoms with van der Waals surface area (Å²) in [6, 6.07) is 25.3. The Morgan fingerprint density at radius 3 is 1.94 bits per heavy atom. The summed E-state index contributed by atoms with van der Waals surface area (Å²) in [5.41, 5.74) is 3.09. The number of hydrogen-bond donors (Lipinski definition) is 0. The van der Waals surface area contributed by atoms with E-state index in [0.717, 1.165) is 48.3 Å². The van der Waals surface area contributed by atoms with Crippen LogP contribution in [-0.4, -0.2) is 26.3 Å². The second-order valence-electron chi connectivity index (χ2n) is 7.50. The molecular weight excluding hydrogens is 388 g/mol. The summed E-state index contributed by atoms with van der Waals surface area (Å²) in [5, 5.41) is 0. The number of hydrogen-bond acceptors (Lipinski definition) is 4. The SMILES string of the molecule is COCCCCCOc1ccc(-c2ccc(OC(=O)C(C)c3ccccc3)cc2)cc1. The van der Waals surface area contributed by atoms with Gasteiger partial charge in [-0.15, -0.1) is 0 Å². The van der Waals surface area contributed by atoms with E-state index in [-0.39, 0.29) is 11.9 Å². The van der Waals surface area contributed by atoms with E-state index in [2.05, 4.69) is 0 Å². The van der Waals surface area contributed by atoms with Gasteiger partial charge in [0.2, 0.25) is 0 Å². The zero-order valence-corrected chi connectivity index (χ0v) is 18.3. The highest BCUT2D eigenvalue weighted by atomic mass is 16.5. The molecule has 1 unspecified atom stereocenters. The zero-order valence-electron chi connectivity index (χ0n) is 18.3. The Bertz CT molecular complexity index is 918. The molecule has 4 nitrogen and oxygen atoms in total. The van der Waals surface area contributed by atoms with Crippen molar-refractivity contribution >= 4 is 5.97 Å². The Hall–Kier alpha value is -3.11. The summed E-state index contributed by atoms with van der Waals surface area (Å²) < 4.78 is 16.4. The van der Waals surface area contributed by atoms with Gasteiger partial charge < -0.3 is 14.2 Å². The van der Waals surface area contributed by atoms with Crippen LogP contribution in [0, 0.1) is 0 Å². The monoisotopic (exact) mass is 418 g/mol. The molecule has 0 saturated heterocycles. The van der Waals surface area contributed by atoms with Crippen molar-refractivity contribution in [2.75, 3.05) is 20.3 Å². The number of rotatable bonds is 11. The minimum atomic E-state index is -0.312. The summed E-state index contributed by atoms with van der Waals surface area (Å²) in [4.78, 5) is 12.4. The molecule has 3 aromatic rings. The van der Waals surface area contributed by atoms with E-state index in [0.29, 0.717) is 12.4 Å². The molecule has 0 fully saturated rings. The molecule has 0 aliphatic heterocycles. The van der Waals surface area contributed by atoms with Gasteiger partial charge >= 0.3 is 5.97 Å². The Balaban J connectivity index is 1.51. The van der Waals surface area contributed by atoms with Gasteiger partial charge in [0.25, 0.3) is 0 Å². The second-order valence-corrected chi connectivity index (χ2v) is 7.50. The number of unbranched alkanes of at least 4 members (excludes halogenated alkanes) is 2. The molecule has 1 atom stereocenters. The van der Waals surface area contributed by atoms with Crippen molar-refractivity contribution < 1.29 is 19.0 Å². The van der Waals surface area contributed by atoms with E-state index in [1.165, 1.54) is 0 Å². The molecule has 0 radical (unpaired) electrons. The molecule has 31 heavy (non-hydrogen) atoms. The Kier molecular flexibility index (Phi) is 8.68. The summed E-state index contributed by atoms with van der Waals surface area (Å²) in [6.07, 6.45) is 3.19. The van der Waals surface area contributed by atoms with E-state index >= 15 is 0 Å². The summed E-state index contributed by atoms with van der Waals surface area (Å²) >= 11 is 0. The van der Waals surface area contributed by atoms with Crippen LogP contribution < -0.4 is 9.47 Å². The first-order valence-electron chi connectivity index (χ1n) is 10.8. The smallest absolute Gasteiger partial charge is 0.318 e. The van der Waals surface area contributed by atoms with Crippen LogP contribution in [0.15, 0.2) is 78.9 Å². The Labute approximate surface area is 184 Å². The molecule has 0 spiro atoms. The minimum Gasteiger partial charge on any atom is -0.494 e. The van der Waals surface area contributed by atoms with Gasteiger partial charge in [-0.3, -0.25) is 4.79 Å². The van der Waals surface area contributed by atoms with Crippen molar-refractivity contribution in [2.24, 2.45) is 0 Å². The molecule has 0 aromatic heterocycles. The summed E-state index contributed by atoms with van der Waals surface area (Å²) in [5.74, 6) is 0.844. The van der Waals surface area contributed by atoms with Crippen LogP contribution in [0.4, 0.5) is 0 Å². The molecule has 0 aliphatic rings. The van der Waals surface area contributed by atoms with Gasteiger partial charge in [-0.2, -0.15) is 0 Å². The predicted molar refractivity (Wildman–Crippen MR) is 124 cm³/mol. The fraction of sp³-hybridized carbons (Fsp3) is 0.296. The topological polar surface area (TPSA) is 44.8 Å². The molecule has 0 heterocycles. The number of methoxy groups -OCH3 is 1. The molecule has 0 bridgehead atoms.